The number of nitrogens with one attached hydrogen (secondary N) is 1. The van der Waals surface area contributed by atoms with Gasteiger partial charge in [0.05, 0.1) is 0 Å². The second kappa shape index (κ2) is 7.72. The topological polar surface area (TPSA) is 15.3 Å². The van der Waals surface area contributed by atoms with Gasteiger partial charge in [0, 0.05) is 12.5 Å². The van der Waals surface area contributed by atoms with Crippen LogP contribution in [0.15, 0.2) is 60.7 Å². The lowest BCUT2D eigenvalue weighted by atomic mass is 9.77. The zero-order valence-corrected chi connectivity index (χ0v) is 15.2. The Morgan fingerprint density at radius 3 is 1.96 bits per heavy atom. The van der Waals surface area contributed by atoms with Crippen LogP contribution >= 0.6 is 0 Å². The minimum absolute atomic E-state index is 0.506. The first-order valence-corrected chi connectivity index (χ1v) is 9.88. The van der Waals surface area contributed by atoms with Gasteiger partial charge in [-0.05, 0) is 68.4 Å². The lowest BCUT2D eigenvalue weighted by Gasteiger charge is -2.39. The number of nitrogens with zero attached hydrogens (tertiary/aromatic N) is 1. The molecule has 4 rings (SSSR count). The Bertz CT molecular complexity index is 597. The molecule has 0 bridgehead atoms. The van der Waals surface area contributed by atoms with E-state index in [1.165, 1.54) is 69.5 Å². The second-order valence-corrected chi connectivity index (χ2v) is 7.93. The molecule has 2 heterocycles. The van der Waals surface area contributed by atoms with Crippen molar-refractivity contribution in [1.82, 2.24) is 10.2 Å². The Labute approximate surface area is 152 Å². The van der Waals surface area contributed by atoms with Gasteiger partial charge >= 0.3 is 0 Å². The minimum atomic E-state index is 0.506. The summed E-state index contributed by atoms with van der Waals surface area (Å²) in [6.07, 6.45) is 5.35. The van der Waals surface area contributed by atoms with Gasteiger partial charge in [0.2, 0.25) is 0 Å². The van der Waals surface area contributed by atoms with E-state index in [9.17, 15) is 0 Å². The third-order valence-electron chi connectivity index (χ3n) is 6.39. The van der Waals surface area contributed by atoms with Crippen LogP contribution in [0, 0.1) is 5.41 Å². The molecule has 25 heavy (non-hydrogen) atoms. The van der Waals surface area contributed by atoms with Crippen molar-refractivity contribution in [2.75, 3.05) is 32.7 Å². The lowest BCUT2D eigenvalue weighted by Crippen LogP contribution is -2.41. The van der Waals surface area contributed by atoms with Gasteiger partial charge in [-0.3, -0.25) is 0 Å². The highest BCUT2D eigenvalue weighted by molar-refractivity contribution is 5.32. The predicted octanol–water partition coefficient (Wildman–Crippen LogP) is 4.28. The van der Waals surface area contributed by atoms with Crippen molar-refractivity contribution < 1.29 is 0 Å². The van der Waals surface area contributed by atoms with Crippen LogP contribution in [-0.2, 0) is 0 Å². The molecule has 1 N–H and O–H groups in total. The van der Waals surface area contributed by atoms with Crippen molar-refractivity contribution in [3.05, 3.63) is 71.8 Å². The lowest BCUT2D eigenvalue weighted by molar-refractivity contribution is 0.117. The standard InChI is InChI=1S/C23H30N2/c1-3-7-20(8-4-1)22(21-9-5-2-6-10-21)11-16-25-17-13-23(14-18-25)12-15-24-19-23/h1-10,22,24H,11-19H2. The van der Waals surface area contributed by atoms with Crippen molar-refractivity contribution in [1.29, 1.82) is 0 Å². The summed E-state index contributed by atoms with van der Waals surface area (Å²) in [5, 5.41) is 3.57. The Morgan fingerprint density at radius 2 is 1.44 bits per heavy atom. The average Bonchev–Trinajstić information content (AvgIpc) is 3.13. The quantitative estimate of drug-likeness (QED) is 0.878. The molecule has 2 fully saturated rings. The number of benzene rings is 2. The Hall–Kier alpha value is -1.64. The molecule has 2 aromatic carbocycles. The summed E-state index contributed by atoms with van der Waals surface area (Å²) in [6, 6.07) is 22.1. The number of hydrogen-bond acceptors (Lipinski definition) is 2. The molecule has 0 saturated carbocycles. The van der Waals surface area contributed by atoms with Crippen molar-refractivity contribution in [2.24, 2.45) is 5.41 Å². The molecule has 2 aliphatic heterocycles. The Balaban J connectivity index is 1.40. The molecule has 0 radical (unpaired) electrons. The molecule has 0 atom stereocenters. The summed E-state index contributed by atoms with van der Waals surface area (Å²) < 4.78 is 0. The highest BCUT2D eigenvalue weighted by atomic mass is 15.1. The second-order valence-electron chi connectivity index (χ2n) is 7.93. The molecule has 2 nitrogen and oxygen atoms in total. The van der Waals surface area contributed by atoms with Crippen LogP contribution in [0.1, 0.15) is 42.7 Å². The zero-order valence-electron chi connectivity index (χ0n) is 15.2. The summed E-state index contributed by atoms with van der Waals surface area (Å²) in [6.45, 7) is 6.23. The van der Waals surface area contributed by atoms with Crippen LogP contribution in [0.5, 0.6) is 0 Å². The van der Waals surface area contributed by atoms with Crippen molar-refractivity contribution in [2.45, 2.75) is 31.6 Å². The molecule has 0 amide bonds. The average molecular weight is 335 g/mol. The fraction of sp³-hybridized carbons (Fsp3) is 0.478. The molecule has 1 spiro atoms. The smallest absolute Gasteiger partial charge is 0.0101 e. The fourth-order valence-corrected chi connectivity index (χ4v) is 4.68. The number of likely N-dealkylation sites (tertiary alicyclic amines) is 1. The van der Waals surface area contributed by atoms with Crippen LogP contribution in [0.3, 0.4) is 0 Å². The summed E-state index contributed by atoms with van der Waals surface area (Å²) in [5.41, 5.74) is 3.51. The number of rotatable bonds is 5. The summed E-state index contributed by atoms with van der Waals surface area (Å²) in [7, 11) is 0. The largest absolute Gasteiger partial charge is 0.316 e. The van der Waals surface area contributed by atoms with Crippen molar-refractivity contribution >= 4 is 0 Å². The van der Waals surface area contributed by atoms with E-state index in [0.29, 0.717) is 11.3 Å². The molecule has 0 unspecified atom stereocenters. The molecule has 2 aliphatic rings. The van der Waals surface area contributed by atoms with Crippen LogP contribution in [0.25, 0.3) is 0 Å². The van der Waals surface area contributed by atoms with Crippen molar-refractivity contribution in [3.63, 3.8) is 0 Å². The van der Waals surface area contributed by atoms with E-state index in [2.05, 4.69) is 70.9 Å². The summed E-state index contributed by atoms with van der Waals surface area (Å²) in [5.74, 6) is 0.506. The first kappa shape index (κ1) is 16.8. The third-order valence-corrected chi connectivity index (χ3v) is 6.39. The molecular weight excluding hydrogens is 304 g/mol. The number of hydrogen-bond donors (Lipinski definition) is 1. The van der Waals surface area contributed by atoms with Crippen LogP contribution < -0.4 is 5.32 Å². The maximum Gasteiger partial charge on any atom is 0.0101 e. The highest BCUT2D eigenvalue weighted by Gasteiger charge is 2.36. The Morgan fingerprint density at radius 1 is 0.840 bits per heavy atom. The monoisotopic (exact) mass is 334 g/mol. The first-order valence-electron chi connectivity index (χ1n) is 9.88. The van der Waals surface area contributed by atoms with Crippen LogP contribution in [0.4, 0.5) is 0 Å². The Kier molecular flexibility index (Phi) is 5.19. The molecule has 0 aromatic heterocycles. The predicted molar refractivity (Wildman–Crippen MR) is 105 cm³/mol. The van der Waals surface area contributed by atoms with E-state index >= 15 is 0 Å². The van der Waals surface area contributed by atoms with E-state index in [1.54, 1.807) is 0 Å². The molecule has 2 saturated heterocycles. The maximum atomic E-state index is 3.57. The maximum absolute atomic E-state index is 3.57. The van der Waals surface area contributed by atoms with Gasteiger partial charge in [-0.15, -0.1) is 0 Å². The van der Waals surface area contributed by atoms with Gasteiger partial charge in [-0.1, -0.05) is 60.7 Å². The van der Waals surface area contributed by atoms with E-state index in [0.717, 1.165) is 0 Å². The summed E-state index contributed by atoms with van der Waals surface area (Å²) >= 11 is 0. The highest BCUT2D eigenvalue weighted by Crippen LogP contribution is 2.37. The van der Waals surface area contributed by atoms with Crippen LogP contribution in [-0.4, -0.2) is 37.6 Å². The molecule has 0 aliphatic carbocycles. The third kappa shape index (κ3) is 3.96. The normalized spacial score (nSPS) is 20.4. The van der Waals surface area contributed by atoms with Crippen LogP contribution in [0.2, 0.25) is 0 Å². The van der Waals surface area contributed by atoms with E-state index in [-0.39, 0.29) is 0 Å². The first-order chi connectivity index (χ1) is 12.3. The minimum Gasteiger partial charge on any atom is -0.316 e. The van der Waals surface area contributed by atoms with Crippen molar-refractivity contribution in [3.8, 4) is 0 Å². The van der Waals surface area contributed by atoms with E-state index in [4.69, 9.17) is 0 Å². The van der Waals surface area contributed by atoms with Gasteiger partial charge < -0.3 is 10.2 Å². The van der Waals surface area contributed by atoms with Gasteiger partial charge in [0.1, 0.15) is 0 Å². The fourth-order valence-electron chi connectivity index (χ4n) is 4.68. The van der Waals surface area contributed by atoms with Gasteiger partial charge in [0.25, 0.3) is 0 Å². The van der Waals surface area contributed by atoms with E-state index < -0.39 is 0 Å². The summed E-state index contributed by atoms with van der Waals surface area (Å²) in [4.78, 5) is 2.70. The number of piperidine rings is 1. The van der Waals surface area contributed by atoms with E-state index in [1.807, 2.05) is 0 Å². The molecule has 132 valence electrons. The molecule has 2 aromatic rings. The SMILES string of the molecule is c1ccc(C(CCN2CCC3(CCNC3)CC2)c2ccccc2)cc1. The van der Waals surface area contributed by atoms with Gasteiger partial charge in [-0.25, -0.2) is 0 Å². The molecule has 2 heteroatoms. The van der Waals surface area contributed by atoms with Gasteiger partial charge in [0.15, 0.2) is 0 Å². The zero-order chi connectivity index (χ0) is 17.0. The van der Waals surface area contributed by atoms with Gasteiger partial charge in [-0.2, -0.15) is 0 Å². The molecular formula is C23H30N2.